The van der Waals surface area contributed by atoms with E-state index in [4.69, 9.17) is 19.7 Å². The van der Waals surface area contributed by atoms with Gasteiger partial charge in [0.1, 0.15) is 18.3 Å². The second kappa shape index (κ2) is 6.26. The Bertz CT molecular complexity index is 342. The maximum absolute atomic E-state index is 10.8. The SMILES string of the molecule is CCC(OC1OC(C(=O)O)[C@@H](O)[C@H](O)C1O)C(=O)O. The zero-order valence-electron chi connectivity index (χ0n) is 10.0. The van der Waals surface area contributed by atoms with Gasteiger partial charge in [0, 0.05) is 0 Å². The quantitative estimate of drug-likeness (QED) is 0.376. The van der Waals surface area contributed by atoms with E-state index < -0.39 is 48.7 Å². The Morgan fingerprint density at radius 2 is 1.74 bits per heavy atom. The van der Waals surface area contributed by atoms with E-state index in [0.29, 0.717) is 0 Å². The predicted octanol–water partition coefficient (Wildman–Crippen LogP) is -2.24. The van der Waals surface area contributed by atoms with Gasteiger partial charge in [0.05, 0.1) is 0 Å². The lowest BCUT2D eigenvalue weighted by Crippen LogP contribution is -2.61. The summed E-state index contributed by atoms with van der Waals surface area (Å²) in [7, 11) is 0. The van der Waals surface area contributed by atoms with Crippen LogP contribution in [0.15, 0.2) is 0 Å². The zero-order valence-corrected chi connectivity index (χ0v) is 10.0. The van der Waals surface area contributed by atoms with Gasteiger partial charge in [0.15, 0.2) is 18.5 Å². The number of carboxylic acid groups (broad SMARTS) is 2. The first-order chi connectivity index (χ1) is 8.79. The molecule has 0 bridgehead atoms. The number of aliphatic hydroxyl groups excluding tert-OH is 3. The number of hydrogen-bond acceptors (Lipinski definition) is 7. The highest BCUT2D eigenvalue weighted by atomic mass is 16.7. The van der Waals surface area contributed by atoms with Crippen molar-refractivity contribution < 1.29 is 44.6 Å². The third kappa shape index (κ3) is 3.39. The van der Waals surface area contributed by atoms with Crippen LogP contribution in [0, 0.1) is 0 Å². The van der Waals surface area contributed by atoms with E-state index in [0.717, 1.165) is 0 Å². The molecule has 5 N–H and O–H groups in total. The van der Waals surface area contributed by atoms with E-state index >= 15 is 0 Å². The van der Waals surface area contributed by atoms with Crippen molar-refractivity contribution in [3.05, 3.63) is 0 Å². The first-order valence-electron chi connectivity index (χ1n) is 5.60. The molecule has 19 heavy (non-hydrogen) atoms. The van der Waals surface area contributed by atoms with E-state index in [1.54, 1.807) is 0 Å². The molecular weight excluding hydrogens is 264 g/mol. The van der Waals surface area contributed by atoms with Crippen LogP contribution >= 0.6 is 0 Å². The molecule has 4 unspecified atom stereocenters. The van der Waals surface area contributed by atoms with Gasteiger partial charge in [0.2, 0.25) is 0 Å². The number of aliphatic hydroxyl groups is 3. The van der Waals surface area contributed by atoms with Crippen LogP contribution in [-0.2, 0) is 19.1 Å². The number of hydrogen-bond donors (Lipinski definition) is 5. The minimum Gasteiger partial charge on any atom is -0.479 e. The Kier molecular flexibility index (Phi) is 5.20. The molecule has 0 aromatic carbocycles. The van der Waals surface area contributed by atoms with Crippen LogP contribution in [0.3, 0.4) is 0 Å². The van der Waals surface area contributed by atoms with Gasteiger partial charge in [-0.1, -0.05) is 6.92 Å². The van der Waals surface area contributed by atoms with Gasteiger partial charge in [-0.3, -0.25) is 0 Å². The fraction of sp³-hybridized carbons (Fsp3) is 0.800. The predicted molar refractivity (Wildman–Crippen MR) is 57.1 cm³/mol. The molecule has 1 rings (SSSR count). The maximum atomic E-state index is 10.8. The number of carbonyl (C=O) groups is 2. The fourth-order valence-electron chi connectivity index (χ4n) is 1.66. The Morgan fingerprint density at radius 3 is 2.16 bits per heavy atom. The monoisotopic (exact) mass is 280 g/mol. The van der Waals surface area contributed by atoms with Gasteiger partial charge >= 0.3 is 11.9 Å². The van der Waals surface area contributed by atoms with Crippen LogP contribution in [0.2, 0.25) is 0 Å². The fourth-order valence-corrected chi connectivity index (χ4v) is 1.66. The van der Waals surface area contributed by atoms with Gasteiger partial charge in [-0.25, -0.2) is 9.59 Å². The summed E-state index contributed by atoms with van der Waals surface area (Å²) < 4.78 is 9.69. The molecule has 0 aliphatic carbocycles. The molecule has 110 valence electrons. The lowest BCUT2D eigenvalue weighted by molar-refractivity contribution is -0.303. The van der Waals surface area contributed by atoms with E-state index in [9.17, 15) is 24.9 Å². The molecule has 1 saturated heterocycles. The molecule has 1 aliphatic heterocycles. The summed E-state index contributed by atoms with van der Waals surface area (Å²) in [6.07, 6.45) is -10.1. The molecule has 0 amide bonds. The average molecular weight is 280 g/mol. The van der Waals surface area contributed by atoms with E-state index in [-0.39, 0.29) is 6.42 Å². The molecule has 1 aliphatic rings. The van der Waals surface area contributed by atoms with Gasteiger partial charge in [0.25, 0.3) is 0 Å². The summed E-state index contributed by atoms with van der Waals surface area (Å²) >= 11 is 0. The topological polar surface area (TPSA) is 154 Å². The van der Waals surface area contributed by atoms with Crippen LogP contribution in [0.4, 0.5) is 0 Å². The summed E-state index contributed by atoms with van der Waals surface area (Å²) in [6.45, 7) is 1.51. The summed E-state index contributed by atoms with van der Waals surface area (Å²) in [5.41, 5.74) is 0. The van der Waals surface area contributed by atoms with E-state index in [2.05, 4.69) is 0 Å². The molecule has 0 saturated carbocycles. The highest BCUT2D eigenvalue weighted by Gasteiger charge is 2.48. The van der Waals surface area contributed by atoms with Gasteiger partial charge in [-0.05, 0) is 6.42 Å². The number of aliphatic carboxylic acids is 2. The molecule has 9 heteroatoms. The second-order valence-corrected chi connectivity index (χ2v) is 4.11. The van der Waals surface area contributed by atoms with Crippen LogP contribution < -0.4 is 0 Å². The molecule has 0 spiro atoms. The van der Waals surface area contributed by atoms with Crippen LogP contribution in [0.25, 0.3) is 0 Å². The summed E-state index contributed by atoms with van der Waals surface area (Å²) in [4.78, 5) is 21.6. The summed E-state index contributed by atoms with van der Waals surface area (Å²) in [5, 5.41) is 46.1. The van der Waals surface area contributed by atoms with Crippen LogP contribution in [0.1, 0.15) is 13.3 Å². The van der Waals surface area contributed by atoms with Crippen molar-refractivity contribution >= 4 is 11.9 Å². The van der Waals surface area contributed by atoms with Crippen molar-refractivity contribution in [2.75, 3.05) is 0 Å². The third-order valence-electron chi connectivity index (χ3n) is 2.76. The lowest BCUT2D eigenvalue weighted by Gasteiger charge is -2.39. The van der Waals surface area contributed by atoms with Crippen molar-refractivity contribution in [3.63, 3.8) is 0 Å². The Morgan fingerprint density at radius 1 is 1.16 bits per heavy atom. The van der Waals surface area contributed by atoms with Crippen molar-refractivity contribution in [2.45, 2.75) is 50.2 Å². The van der Waals surface area contributed by atoms with Crippen LogP contribution in [0.5, 0.6) is 0 Å². The summed E-state index contributed by atoms with van der Waals surface area (Å²) in [6, 6.07) is 0. The van der Waals surface area contributed by atoms with Crippen molar-refractivity contribution in [3.8, 4) is 0 Å². The minimum absolute atomic E-state index is 0.0539. The van der Waals surface area contributed by atoms with E-state index in [1.807, 2.05) is 0 Å². The second-order valence-electron chi connectivity index (χ2n) is 4.11. The van der Waals surface area contributed by atoms with Gasteiger partial charge in [-0.2, -0.15) is 0 Å². The molecule has 1 heterocycles. The average Bonchev–Trinajstić information content (AvgIpc) is 2.34. The number of carboxylic acids is 2. The standard InChI is InChI=1S/C10H16O9/c1-2-3(8(14)15)18-10-6(13)4(11)5(12)7(19-10)9(16)17/h3-7,10-13H,2H2,1H3,(H,14,15)(H,16,17)/t3?,4-,5-,6?,7?,10?/m0/s1. The van der Waals surface area contributed by atoms with Gasteiger partial charge in [-0.15, -0.1) is 0 Å². The maximum Gasteiger partial charge on any atom is 0.335 e. The molecule has 6 atom stereocenters. The van der Waals surface area contributed by atoms with Gasteiger partial charge < -0.3 is 35.0 Å². The largest absolute Gasteiger partial charge is 0.479 e. The molecule has 0 aromatic heterocycles. The summed E-state index contributed by atoms with van der Waals surface area (Å²) in [5.74, 6) is -2.87. The molecule has 0 radical (unpaired) electrons. The third-order valence-corrected chi connectivity index (χ3v) is 2.76. The highest BCUT2D eigenvalue weighted by Crippen LogP contribution is 2.23. The Hall–Kier alpha value is -1.26. The Labute approximate surface area is 108 Å². The normalized spacial score (nSPS) is 36.7. The lowest BCUT2D eigenvalue weighted by atomic mass is 9.99. The minimum atomic E-state index is -1.84. The van der Waals surface area contributed by atoms with Crippen LogP contribution in [-0.4, -0.2) is 74.3 Å². The molecular formula is C10H16O9. The number of rotatable bonds is 5. The first-order valence-corrected chi connectivity index (χ1v) is 5.60. The smallest absolute Gasteiger partial charge is 0.335 e. The van der Waals surface area contributed by atoms with Crippen molar-refractivity contribution in [1.29, 1.82) is 0 Å². The highest BCUT2D eigenvalue weighted by molar-refractivity contribution is 5.73. The molecule has 0 aromatic rings. The molecule has 9 nitrogen and oxygen atoms in total. The first kappa shape index (κ1) is 15.8. The van der Waals surface area contributed by atoms with E-state index in [1.165, 1.54) is 6.92 Å². The van der Waals surface area contributed by atoms with Crippen molar-refractivity contribution in [1.82, 2.24) is 0 Å². The van der Waals surface area contributed by atoms with Crippen molar-refractivity contribution in [2.24, 2.45) is 0 Å². The number of ether oxygens (including phenoxy) is 2. The Balaban J connectivity index is 2.82. The zero-order chi connectivity index (χ0) is 14.7. The molecule has 1 fully saturated rings.